The van der Waals surface area contributed by atoms with E-state index in [0.717, 1.165) is 0 Å². The highest BCUT2D eigenvalue weighted by Gasteiger charge is 2.22. The zero-order chi connectivity index (χ0) is 16.3. The Kier molecular flexibility index (Phi) is 5.43. The average molecular weight is 355 g/mol. The van der Waals surface area contributed by atoms with Crippen LogP contribution in [0.2, 0.25) is 10.4 Å². The second-order valence-electron chi connectivity index (χ2n) is 4.01. The lowest BCUT2D eigenvalue weighted by Gasteiger charge is -2.05. The summed E-state index contributed by atoms with van der Waals surface area (Å²) in [5.74, 6) is -0.733. The highest BCUT2D eigenvalue weighted by molar-refractivity contribution is 6.35. The molecule has 0 saturated heterocycles. The summed E-state index contributed by atoms with van der Waals surface area (Å²) in [4.78, 5) is 19.4. The molecule has 0 fully saturated rings. The molecule has 0 N–H and O–H groups in total. The molecule has 2 aromatic rings. The molecule has 0 bridgehead atoms. The van der Waals surface area contributed by atoms with Crippen molar-refractivity contribution in [2.24, 2.45) is 0 Å². The minimum absolute atomic E-state index is 0.0217. The predicted octanol–water partition coefficient (Wildman–Crippen LogP) is 2.20. The first-order valence-corrected chi connectivity index (χ1v) is 6.73. The zero-order valence-electron chi connectivity index (χ0n) is 11.2. The maximum Gasteiger partial charge on any atom is 0.360 e. The van der Waals surface area contributed by atoms with Gasteiger partial charge in [-0.2, -0.15) is 5.10 Å². The highest BCUT2D eigenvalue weighted by atomic mass is 35.5. The number of halogens is 4. The minimum atomic E-state index is -2.56. The van der Waals surface area contributed by atoms with Crippen molar-refractivity contribution >= 4 is 40.2 Å². The molecule has 0 aromatic carbocycles. The van der Waals surface area contributed by atoms with E-state index >= 15 is 0 Å². The molecule has 22 heavy (non-hydrogen) atoms. The van der Waals surface area contributed by atoms with Gasteiger partial charge in [-0.25, -0.2) is 23.5 Å². The smallest absolute Gasteiger partial charge is 0.360 e. The molecule has 0 aliphatic rings. The van der Waals surface area contributed by atoms with Gasteiger partial charge in [0, 0.05) is 0 Å². The van der Waals surface area contributed by atoms with Gasteiger partial charge in [0.1, 0.15) is 17.6 Å². The van der Waals surface area contributed by atoms with E-state index in [4.69, 9.17) is 27.9 Å². The average Bonchev–Trinajstić information content (AvgIpc) is 2.81. The van der Waals surface area contributed by atoms with E-state index in [2.05, 4.69) is 19.8 Å². The molecule has 7 nitrogen and oxygen atoms in total. The number of carbonyl (C=O) groups excluding carboxylic acids is 1. The first-order chi connectivity index (χ1) is 10.4. The number of alkyl halides is 2. The number of hydrogen-bond donors (Lipinski definition) is 0. The topological polar surface area (TPSA) is 79.1 Å². The van der Waals surface area contributed by atoms with Crippen molar-refractivity contribution in [2.75, 3.05) is 20.3 Å². The number of carbonyl (C=O) groups is 1. The predicted molar refractivity (Wildman–Crippen MR) is 73.5 cm³/mol. The normalized spacial score (nSPS) is 11.4. The SMILES string of the molecule is COC(=O)c1nn(CCOCC(F)F)c2c(Cl)nc(Cl)nc12. The van der Waals surface area contributed by atoms with Gasteiger partial charge in [-0.05, 0) is 11.6 Å². The fourth-order valence-corrected chi connectivity index (χ4v) is 2.21. The van der Waals surface area contributed by atoms with Crippen molar-refractivity contribution in [2.45, 2.75) is 13.0 Å². The molecule has 11 heteroatoms. The molecule has 0 saturated carbocycles. The number of ether oxygens (including phenoxy) is 2. The Morgan fingerprint density at radius 1 is 1.36 bits per heavy atom. The number of rotatable bonds is 6. The first-order valence-electron chi connectivity index (χ1n) is 5.97. The van der Waals surface area contributed by atoms with Crippen LogP contribution in [0.1, 0.15) is 10.5 Å². The lowest BCUT2D eigenvalue weighted by molar-refractivity contribution is 0.0142. The molecule has 0 aliphatic heterocycles. The number of nitrogens with zero attached hydrogens (tertiary/aromatic N) is 4. The van der Waals surface area contributed by atoms with Crippen molar-refractivity contribution in [3.8, 4) is 0 Å². The molecule has 2 rings (SSSR count). The van der Waals surface area contributed by atoms with Gasteiger partial charge in [-0.1, -0.05) is 11.6 Å². The van der Waals surface area contributed by atoms with Gasteiger partial charge in [0.25, 0.3) is 6.43 Å². The van der Waals surface area contributed by atoms with Gasteiger partial charge >= 0.3 is 5.97 Å². The van der Waals surface area contributed by atoms with Crippen LogP contribution in [-0.2, 0) is 16.0 Å². The minimum Gasteiger partial charge on any atom is -0.464 e. The molecule has 0 atom stereocenters. The summed E-state index contributed by atoms with van der Waals surface area (Å²) in [6.07, 6.45) is -2.56. The summed E-state index contributed by atoms with van der Waals surface area (Å²) < 4.78 is 34.7. The molecule has 2 heterocycles. The molecule has 0 aliphatic carbocycles. The van der Waals surface area contributed by atoms with Crippen molar-refractivity contribution in [3.63, 3.8) is 0 Å². The molecule has 0 radical (unpaired) electrons. The van der Waals surface area contributed by atoms with Crippen LogP contribution in [-0.4, -0.2) is 52.5 Å². The van der Waals surface area contributed by atoms with Gasteiger partial charge in [-0.15, -0.1) is 0 Å². The van der Waals surface area contributed by atoms with Crippen LogP contribution >= 0.6 is 23.2 Å². The van der Waals surface area contributed by atoms with Crippen LogP contribution in [0.5, 0.6) is 0 Å². The van der Waals surface area contributed by atoms with E-state index in [1.807, 2.05) is 0 Å². The fraction of sp³-hybridized carbons (Fsp3) is 0.455. The van der Waals surface area contributed by atoms with Crippen LogP contribution in [0.15, 0.2) is 0 Å². The van der Waals surface area contributed by atoms with Gasteiger partial charge < -0.3 is 9.47 Å². The quantitative estimate of drug-likeness (QED) is 0.342. The van der Waals surface area contributed by atoms with Crippen LogP contribution in [0, 0.1) is 0 Å². The van der Waals surface area contributed by atoms with Crippen LogP contribution in [0.3, 0.4) is 0 Å². The van der Waals surface area contributed by atoms with Gasteiger partial charge in [0.05, 0.1) is 20.3 Å². The Morgan fingerprint density at radius 3 is 2.73 bits per heavy atom. The van der Waals surface area contributed by atoms with Gasteiger partial charge in [-0.3, -0.25) is 4.68 Å². The summed E-state index contributed by atoms with van der Waals surface area (Å²) >= 11 is 11.7. The lowest BCUT2D eigenvalue weighted by Crippen LogP contribution is -2.12. The number of methoxy groups -OCH3 is 1. The first kappa shape index (κ1) is 16.8. The highest BCUT2D eigenvalue weighted by Crippen LogP contribution is 2.25. The summed E-state index contributed by atoms with van der Waals surface area (Å²) in [7, 11) is 1.18. The largest absolute Gasteiger partial charge is 0.464 e. The standard InChI is InChI=1S/C11H10Cl2F2N4O3/c1-21-10(20)7-6-8(9(12)17-11(13)16-6)19(18-7)2-3-22-4-5(14)15/h5H,2-4H2,1H3. The van der Waals surface area contributed by atoms with Crippen molar-refractivity contribution in [1.82, 2.24) is 19.7 Å². The second kappa shape index (κ2) is 7.12. The van der Waals surface area contributed by atoms with Crippen LogP contribution in [0.25, 0.3) is 11.0 Å². The van der Waals surface area contributed by atoms with Crippen LogP contribution in [0.4, 0.5) is 8.78 Å². The third kappa shape index (κ3) is 3.60. The number of aromatic nitrogens is 4. The molecule has 0 spiro atoms. The fourth-order valence-electron chi connectivity index (χ4n) is 1.73. The van der Waals surface area contributed by atoms with E-state index in [1.165, 1.54) is 11.8 Å². The third-order valence-corrected chi connectivity index (χ3v) is 3.02. The Balaban J connectivity index is 2.35. The molecular weight excluding hydrogens is 345 g/mol. The Morgan fingerprint density at radius 2 is 2.09 bits per heavy atom. The van der Waals surface area contributed by atoms with Crippen LogP contribution < -0.4 is 0 Å². The number of hydrogen-bond acceptors (Lipinski definition) is 6. The molecule has 0 unspecified atom stereocenters. The summed E-state index contributed by atoms with van der Waals surface area (Å²) in [6, 6.07) is 0. The van der Waals surface area contributed by atoms with E-state index in [9.17, 15) is 13.6 Å². The lowest BCUT2D eigenvalue weighted by atomic mass is 10.3. The maximum atomic E-state index is 12.0. The Hall–Kier alpha value is -1.58. The second-order valence-corrected chi connectivity index (χ2v) is 4.71. The van der Waals surface area contributed by atoms with Gasteiger partial charge in [0.2, 0.25) is 5.28 Å². The molecule has 2 aromatic heterocycles. The maximum absolute atomic E-state index is 12.0. The molecule has 0 amide bonds. The van der Waals surface area contributed by atoms with Gasteiger partial charge in [0.15, 0.2) is 10.8 Å². The van der Waals surface area contributed by atoms with E-state index in [0.29, 0.717) is 0 Å². The van der Waals surface area contributed by atoms with Crippen molar-refractivity contribution in [3.05, 3.63) is 16.1 Å². The number of fused-ring (bicyclic) bond motifs is 1. The zero-order valence-corrected chi connectivity index (χ0v) is 12.7. The van der Waals surface area contributed by atoms with E-state index in [-0.39, 0.29) is 40.3 Å². The van der Waals surface area contributed by atoms with E-state index in [1.54, 1.807) is 0 Å². The Labute approximate surface area is 133 Å². The third-order valence-electron chi connectivity index (χ3n) is 2.59. The van der Waals surface area contributed by atoms with Crippen molar-refractivity contribution in [1.29, 1.82) is 0 Å². The summed E-state index contributed by atoms with van der Waals surface area (Å²) in [5, 5.41) is 3.83. The summed E-state index contributed by atoms with van der Waals surface area (Å²) in [5.41, 5.74) is 0.260. The van der Waals surface area contributed by atoms with Crippen molar-refractivity contribution < 1.29 is 23.0 Å². The number of esters is 1. The van der Waals surface area contributed by atoms with E-state index < -0.39 is 19.0 Å². The molecular formula is C11H10Cl2F2N4O3. The monoisotopic (exact) mass is 354 g/mol. The summed E-state index contributed by atoms with van der Waals surface area (Å²) in [6.45, 7) is -0.676. The Bertz CT molecular complexity index is 696. The molecule has 120 valence electrons.